The molecule has 17 heavy (non-hydrogen) atoms. The summed E-state index contributed by atoms with van der Waals surface area (Å²) >= 11 is 0. The second-order valence-corrected chi connectivity index (χ2v) is 5.14. The fourth-order valence-corrected chi connectivity index (χ4v) is 1.51. The Kier molecular flexibility index (Phi) is 6.99. The molecule has 0 fully saturated rings. The highest BCUT2D eigenvalue weighted by atomic mass is 16.3. The van der Waals surface area contributed by atoms with Crippen LogP contribution in [0, 0.1) is 11.8 Å². The van der Waals surface area contributed by atoms with Crippen molar-refractivity contribution >= 4 is 12.2 Å². The highest BCUT2D eigenvalue weighted by Crippen LogP contribution is 2.06. The van der Waals surface area contributed by atoms with E-state index in [1.54, 1.807) is 13.8 Å². The third-order valence-electron chi connectivity index (χ3n) is 2.57. The molecule has 0 aromatic carbocycles. The van der Waals surface area contributed by atoms with E-state index in [2.05, 4.69) is 5.32 Å². The van der Waals surface area contributed by atoms with Gasteiger partial charge in [-0.05, 0) is 18.3 Å². The van der Waals surface area contributed by atoms with Gasteiger partial charge in [0.05, 0.1) is 12.1 Å². The third-order valence-corrected chi connectivity index (χ3v) is 2.57. The van der Waals surface area contributed by atoms with Crippen molar-refractivity contribution in [2.24, 2.45) is 17.6 Å². The van der Waals surface area contributed by atoms with Crippen LogP contribution < -0.4 is 11.1 Å². The molecule has 0 aromatic rings. The average molecular weight is 244 g/mol. The molecule has 100 valence electrons. The van der Waals surface area contributed by atoms with Crippen molar-refractivity contribution in [3.63, 3.8) is 0 Å². The van der Waals surface area contributed by atoms with Gasteiger partial charge in [0.1, 0.15) is 12.3 Å². The van der Waals surface area contributed by atoms with Crippen LogP contribution in [0.25, 0.3) is 0 Å². The van der Waals surface area contributed by atoms with Crippen LogP contribution in [0.4, 0.5) is 0 Å². The van der Waals surface area contributed by atoms with Crippen LogP contribution in [-0.2, 0) is 9.59 Å². The van der Waals surface area contributed by atoms with Crippen molar-refractivity contribution in [2.45, 2.75) is 52.3 Å². The molecule has 0 unspecified atom stereocenters. The number of hydrogen-bond donors (Lipinski definition) is 3. The van der Waals surface area contributed by atoms with E-state index in [4.69, 9.17) is 5.73 Å². The quantitative estimate of drug-likeness (QED) is 0.552. The lowest BCUT2D eigenvalue weighted by Gasteiger charge is -2.23. The van der Waals surface area contributed by atoms with Crippen molar-refractivity contribution in [2.75, 3.05) is 0 Å². The summed E-state index contributed by atoms with van der Waals surface area (Å²) in [6, 6.07) is -1.53. The van der Waals surface area contributed by atoms with Crippen molar-refractivity contribution in [3.8, 4) is 0 Å². The first kappa shape index (κ1) is 16.1. The van der Waals surface area contributed by atoms with Crippen LogP contribution in [0.2, 0.25) is 0 Å². The van der Waals surface area contributed by atoms with E-state index < -0.39 is 24.1 Å². The highest BCUT2D eigenvalue weighted by Gasteiger charge is 2.26. The molecule has 0 bridgehead atoms. The second-order valence-electron chi connectivity index (χ2n) is 5.14. The number of nitrogens with two attached hydrogens (primary N) is 1. The minimum absolute atomic E-state index is 0.101. The first-order chi connectivity index (χ1) is 7.79. The lowest BCUT2D eigenvalue weighted by molar-refractivity contribution is -0.128. The van der Waals surface area contributed by atoms with Gasteiger partial charge in [-0.25, -0.2) is 0 Å². The fourth-order valence-electron chi connectivity index (χ4n) is 1.51. The Hall–Kier alpha value is -0.940. The van der Waals surface area contributed by atoms with Crippen LogP contribution in [0.3, 0.4) is 0 Å². The molecule has 3 atom stereocenters. The van der Waals surface area contributed by atoms with E-state index in [1.807, 2.05) is 13.8 Å². The van der Waals surface area contributed by atoms with Crippen molar-refractivity contribution in [1.82, 2.24) is 5.32 Å². The number of hydrogen-bond acceptors (Lipinski definition) is 4. The molecule has 0 rings (SSSR count). The number of aliphatic hydroxyl groups is 1. The summed E-state index contributed by atoms with van der Waals surface area (Å²) in [5, 5.41) is 12.2. The third kappa shape index (κ3) is 5.79. The molecule has 0 heterocycles. The fraction of sp³-hybridized carbons (Fsp3) is 0.833. The number of amides is 1. The van der Waals surface area contributed by atoms with Crippen molar-refractivity contribution in [1.29, 1.82) is 0 Å². The summed E-state index contributed by atoms with van der Waals surface area (Å²) < 4.78 is 0. The van der Waals surface area contributed by atoms with Gasteiger partial charge in [-0.15, -0.1) is 0 Å². The number of nitrogens with one attached hydrogen (secondary N) is 1. The van der Waals surface area contributed by atoms with Crippen LogP contribution >= 0.6 is 0 Å². The number of carbonyl (C=O) groups is 2. The van der Waals surface area contributed by atoms with Gasteiger partial charge in [0.2, 0.25) is 5.91 Å². The number of aliphatic hydroxyl groups excluding tert-OH is 1. The van der Waals surface area contributed by atoms with E-state index >= 15 is 0 Å². The average Bonchev–Trinajstić information content (AvgIpc) is 2.24. The van der Waals surface area contributed by atoms with Crippen LogP contribution in [0.1, 0.15) is 34.1 Å². The molecular weight excluding hydrogens is 220 g/mol. The molecule has 0 radical (unpaired) electrons. The molecule has 0 aromatic heterocycles. The molecule has 0 aliphatic heterocycles. The summed E-state index contributed by atoms with van der Waals surface area (Å²) in [6.45, 7) is 7.49. The molecular formula is C12H24N2O3. The largest absolute Gasteiger partial charge is 0.391 e. The topological polar surface area (TPSA) is 92.4 Å². The second kappa shape index (κ2) is 7.40. The lowest BCUT2D eigenvalue weighted by Crippen LogP contribution is -2.53. The molecule has 0 spiro atoms. The van der Waals surface area contributed by atoms with Crippen molar-refractivity contribution < 1.29 is 14.7 Å². The van der Waals surface area contributed by atoms with E-state index in [1.165, 1.54) is 0 Å². The Morgan fingerprint density at radius 3 is 2.24 bits per heavy atom. The van der Waals surface area contributed by atoms with Gasteiger partial charge >= 0.3 is 0 Å². The molecule has 1 amide bonds. The van der Waals surface area contributed by atoms with Crippen LogP contribution in [-0.4, -0.2) is 35.5 Å². The van der Waals surface area contributed by atoms with Crippen LogP contribution in [0.5, 0.6) is 0 Å². The Morgan fingerprint density at radius 1 is 1.35 bits per heavy atom. The minimum atomic E-state index is -0.996. The van der Waals surface area contributed by atoms with Gasteiger partial charge in [0.15, 0.2) is 0 Å². The van der Waals surface area contributed by atoms with Gasteiger partial charge in [-0.2, -0.15) is 0 Å². The Labute approximate surface area is 103 Å². The number of carbonyl (C=O) groups excluding carboxylic acids is 2. The zero-order valence-corrected chi connectivity index (χ0v) is 11.0. The van der Waals surface area contributed by atoms with E-state index in [-0.39, 0.29) is 5.92 Å². The maximum absolute atomic E-state index is 11.7. The summed E-state index contributed by atoms with van der Waals surface area (Å²) in [7, 11) is 0. The van der Waals surface area contributed by atoms with Gasteiger partial charge < -0.3 is 21.0 Å². The monoisotopic (exact) mass is 244 g/mol. The smallest absolute Gasteiger partial charge is 0.240 e. The predicted octanol–water partition coefficient (Wildman–Crippen LogP) is 0.0604. The maximum atomic E-state index is 11.7. The molecule has 4 N–H and O–H groups in total. The summed E-state index contributed by atoms with van der Waals surface area (Å²) in [4.78, 5) is 22.5. The molecule has 5 nitrogen and oxygen atoms in total. The lowest BCUT2D eigenvalue weighted by atomic mass is 9.99. The summed E-state index contributed by atoms with van der Waals surface area (Å²) in [5.41, 5.74) is 5.62. The normalized spacial score (nSPS) is 16.7. The predicted molar refractivity (Wildman–Crippen MR) is 66.3 cm³/mol. The van der Waals surface area contributed by atoms with Gasteiger partial charge in [0, 0.05) is 0 Å². The standard InChI is InChI=1S/C12H24N2O3/c1-7(2)5-9(6-15)14-12(17)10(13)11(16)8(3)4/h6-11,16H,5,13H2,1-4H3,(H,14,17)/t9-,10-,11+/m0/s1. The van der Waals surface area contributed by atoms with E-state index in [0.717, 1.165) is 0 Å². The first-order valence-corrected chi connectivity index (χ1v) is 5.98. The highest BCUT2D eigenvalue weighted by molar-refractivity contribution is 5.84. The Bertz CT molecular complexity index is 254. The van der Waals surface area contributed by atoms with Crippen LogP contribution in [0.15, 0.2) is 0 Å². The molecule has 0 aliphatic carbocycles. The molecule has 0 saturated carbocycles. The van der Waals surface area contributed by atoms with Gasteiger partial charge in [-0.3, -0.25) is 4.79 Å². The molecule has 5 heteroatoms. The Balaban J connectivity index is 4.36. The molecule has 0 aliphatic rings. The first-order valence-electron chi connectivity index (χ1n) is 5.98. The SMILES string of the molecule is CC(C)C[C@@H](C=O)NC(=O)[C@@H](N)[C@H](O)C(C)C. The number of rotatable bonds is 7. The number of aldehydes is 1. The summed E-state index contributed by atoms with van der Waals surface area (Å²) in [6.07, 6.45) is 0.368. The zero-order chi connectivity index (χ0) is 13.6. The minimum Gasteiger partial charge on any atom is -0.391 e. The van der Waals surface area contributed by atoms with E-state index in [0.29, 0.717) is 18.6 Å². The zero-order valence-electron chi connectivity index (χ0n) is 11.0. The van der Waals surface area contributed by atoms with Gasteiger partial charge in [0.25, 0.3) is 0 Å². The maximum Gasteiger partial charge on any atom is 0.240 e. The Morgan fingerprint density at radius 2 is 1.88 bits per heavy atom. The van der Waals surface area contributed by atoms with E-state index in [9.17, 15) is 14.7 Å². The molecule has 0 saturated heterocycles. The summed E-state index contributed by atoms with van der Waals surface area (Å²) in [5.74, 6) is -0.281. The van der Waals surface area contributed by atoms with Crippen molar-refractivity contribution in [3.05, 3.63) is 0 Å². The van der Waals surface area contributed by atoms with Gasteiger partial charge in [-0.1, -0.05) is 27.7 Å².